The molecule has 1 atom stereocenters. The Hall–Kier alpha value is -3.51. The van der Waals surface area contributed by atoms with E-state index in [1.807, 2.05) is 20.8 Å². The van der Waals surface area contributed by atoms with Gasteiger partial charge in [0.25, 0.3) is 5.91 Å². The van der Waals surface area contributed by atoms with Crippen LogP contribution in [0.4, 0.5) is 0 Å². The van der Waals surface area contributed by atoms with Crippen LogP contribution in [-0.4, -0.2) is 118 Å². The summed E-state index contributed by atoms with van der Waals surface area (Å²) >= 11 is 0. The third-order valence-electron chi connectivity index (χ3n) is 6.14. The van der Waals surface area contributed by atoms with Crippen molar-refractivity contribution in [2.45, 2.75) is 52.5 Å². The molecule has 0 aromatic heterocycles. The molecule has 0 radical (unpaired) electrons. The normalized spacial score (nSPS) is 11.6. The van der Waals surface area contributed by atoms with Gasteiger partial charge in [-0.25, -0.2) is 4.79 Å². The zero-order valence-corrected chi connectivity index (χ0v) is 23.8. The van der Waals surface area contributed by atoms with Crippen molar-refractivity contribution in [1.82, 2.24) is 20.0 Å². The van der Waals surface area contributed by atoms with E-state index in [4.69, 9.17) is 0 Å². The van der Waals surface area contributed by atoms with Crippen molar-refractivity contribution in [3.8, 4) is 0 Å². The monoisotopic (exact) mass is 564 g/mol. The molecule has 4 amide bonds. The number of nitrogens with zero attached hydrogens (tertiary/aromatic N) is 3. The van der Waals surface area contributed by atoms with Gasteiger partial charge in [-0.3, -0.25) is 19.2 Å². The van der Waals surface area contributed by atoms with E-state index in [1.165, 1.54) is 9.80 Å². The van der Waals surface area contributed by atoms with Crippen molar-refractivity contribution in [3.63, 3.8) is 0 Å². The lowest BCUT2D eigenvalue weighted by Gasteiger charge is -2.29. The molecule has 0 heterocycles. The van der Waals surface area contributed by atoms with Crippen LogP contribution in [0.3, 0.4) is 0 Å². The van der Waals surface area contributed by atoms with Crippen LogP contribution in [0.5, 0.6) is 0 Å². The minimum absolute atomic E-state index is 0.0461. The Kier molecular flexibility index (Phi) is 16.2. The van der Waals surface area contributed by atoms with Gasteiger partial charge in [0.05, 0.1) is 19.8 Å². The van der Waals surface area contributed by atoms with E-state index in [1.54, 1.807) is 30.3 Å². The van der Waals surface area contributed by atoms with Crippen molar-refractivity contribution in [2.75, 3.05) is 52.5 Å². The summed E-state index contributed by atoms with van der Waals surface area (Å²) in [6, 6.07) is 7.50. The molecule has 0 aliphatic rings. The van der Waals surface area contributed by atoms with E-state index in [0.717, 1.165) is 11.3 Å². The van der Waals surface area contributed by atoms with E-state index in [2.05, 4.69) is 5.32 Å². The number of aliphatic hydroxyl groups is 2. The van der Waals surface area contributed by atoms with Crippen LogP contribution in [0.1, 0.15) is 56.8 Å². The highest BCUT2D eigenvalue weighted by Gasteiger charge is 2.26. The highest BCUT2D eigenvalue weighted by atomic mass is 16.4. The summed E-state index contributed by atoms with van der Waals surface area (Å²) in [6.07, 6.45) is 1.54. The van der Waals surface area contributed by atoms with Crippen molar-refractivity contribution < 1.29 is 39.3 Å². The summed E-state index contributed by atoms with van der Waals surface area (Å²) in [6.45, 7) is 4.14. The lowest BCUT2D eigenvalue weighted by Crippen LogP contribution is -2.49. The van der Waals surface area contributed by atoms with E-state index in [9.17, 15) is 39.3 Å². The zero-order valence-electron chi connectivity index (χ0n) is 23.8. The van der Waals surface area contributed by atoms with Gasteiger partial charge in [-0.05, 0) is 30.9 Å². The van der Waals surface area contributed by atoms with Crippen LogP contribution >= 0.6 is 0 Å². The molecule has 1 aromatic rings. The Bertz CT molecular complexity index is 957. The molecule has 0 aliphatic carbocycles. The van der Waals surface area contributed by atoms with Crippen LogP contribution in [0.15, 0.2) is 30.3 Å². The molecule has 224 valence electrons. The van der Waals surface area contributed by atoms with E-state index in [-0.39, 0.29) is 57.5 Å². The summed E-state index contributed by atoms with van der Waals surface area (Å²) < 4.78 is 0. The number of carboxylic acid groups (broad SMARTS) is 1. The number of hydrogen-bond acceptors (Lipinski definition) is 7. The lowest BCUT2D eigenvalue weighted by atomic mass is 10.0. The molecule has 1 rings (SSSR count). The average Bonchev–Trinajstić information content (AvgIpc) is 2.92. The second kappa shape index (κ2) is 18.7. The maximum absolute atomic E-state index is 13.2. The molecule has 0 spiro atoms. The first-order valence-corrected chi connectivity index (χ1v) is 13.7. The average molecular weight is 565 g/mol. The first kappa shape index (κ1) is 34.5. The molecule has 40 heavy (non-hydrogen) atoms. The highest BCUT2D eigenvalue weighted by Crippen LogP contribution is 2.09. The third kappa shape index (κ3) is 12.6. The highest BCUT2D eigenvalue weighted by molar-refractivity contribution is 5.97. The number of carbonyl (C=O) groups is 5. The van der Waals surface area contributed by atoms with Crippen LogP contribution in [0.25, 0.3) is 0 Å². The molecule has 1 aromatic carbocycles. The van der Waals surface area contributed by atoms with E-state index >= 15 is 0 Å². The molecular weight excluding hydrogens is 520 g/mol. The summed E-state index contributed by atoms with van der Waals surface area (Å²) in [5.41, 5.74) is 0.433. The fourth-order valence-corrected chi connectivity index (χ4v) is 3.98. The van der Waals surface area contributed by atoms with E-state index in [0.29, 0.717) is 18.5 Å². The van der Waals surface area contributed by atoms with Gasteiger partial charge >= 0.3 is 5.97 Å². The van der Waals surface area contributed by atoms with Crippen LogP contribution < -0.4 is 5.32 Å². The molecule has 0 saturated carbocycles. The first-order valence-electron chi connectivity index (χ1n) is 13.7. The summed E-state index contributed by atoms with van der Waals surface area (Å²) in [5.74, 6) is -3.06. The molecule has 0 aliphatic heterocycles. The largest absolute Gasteiger partial charge is 0.480 e. The summed E-state index contributed by atoms with van der Waals surface area (Å²) in [7, 11) is 0. The smallest absolute Gasteiger partial charge is 0.326 e. The van der Waals surface area contributed by atoms with Gasteiger partial charge in [-0.2, -0.15) is 0 Å². The van der Waals surface area contributed by atoms with Crippen molar-refractivity contribution in [1.29, 1.82) is 0 Å². The third-order valence-corrected chi connectivity index (χ3v) is 6.14. The minimum atomic E-state index is -1.15. The van der Waals surface area contributed by atoms with Gasteiger partial charge in [0.1, 0.15) is 12.6 Å². The topological polar surface area (TPSA) is 168 Å². The maximum Gasteiger partial charge on any atom is 0.326 e. The zero-order chi connectivity index (χ0) is 30.1. The quantitative estimate of drug-likeness (QED) is 0.189. The number of benzene rings is 1. The summed E-state index contributed by atoms with van der Waals surface area (Å²) in [4.78, 5) is 66.9. The predicted octanol–water partition coefficient (Wildman–Crippen LogP) is 0.576. The number of rotatable bonds is 19. The van der Waals surface area contributed by atoms with Gasteiger partial charge in [-0.15, -0.1) is 0 Å². The fourth-order valence-electron chi connectivity index (χ4n) is 3.98. The second-order valence-corrected chi connectivity index (χ2v) is 9.93. The number of unbranched alkanes of at least 4 members (excludes halogenated alkanes) is 1. The van der Waals surface area contributed by atoms with Crippen LogP contribution in [0.2, 0.25) is 0 Å². The first-order chi connectivity index (χ1) is 19.0. The Morgan fingerprint density at radius 1 is 0.825 bits per heavy atom. The molecule has 0 fully saturated rings. The van der Waals surface area contributed by atoms with Crippen LogP contribution in [0, 0.1) is 5.92 Å². The molecule has 12 nitrogen and oxygen atoms in total. The van der Waals surface area contributed by atoms with Gasteiger partial charge in [0.15, 0.2) is 0 Å². The second-order valence-electron chi connectivity index (χ2n) is 9.93. The standard InChI is InChI=1S/C28H44N4O8/c1-4-5-12-32(27(38)22-9-7-6-8-10-22)20-26(37)31(15-17-34)19-25(36)30(14-16-33)13-11-24(35)29-23(28(39)40)18-21(2)3/h6-10,21,23,33-34H,4-5,11-20H2,1-3H3,(H,29,35)(H,39,40)/t23-/m0/s1. The summed E-state index contributed by atoms with van der Waals surface area (Å²) in [5, 5.41) is 30.8. The van der Waals surface area contributed by atoms with E-state index < -0.39 is 42.9 Å². The fraction of sp³-hybridized carbons (Fsp3) is 0.607. The predicted molar refractivity (Wildman–Crippen MR) is 148 cm³/mol. The Morgan fingerprint density at radius 2 is 1.40 bits per heavy atom. The number of carbonyl (C=O) groups excluding carboxylic acids is 4. The molecule has 0 saturated heterocycles. The molecule has 0 bridgehead atoms. The minimum Gasteiger partial charge on any atom is -0.480 e. The van der Waals surface area contributed by atoms with Crippen LogP contribution in [-0.2, 0) is 19.2 Å². The Morgan fingerprint density at radius 3 is 1.95 bits per heavy atom. The number of aliphatic carboxylic acids is 1. The Labute approximate surface area is 235 Å². The molecular formula is C28H44N4O8. The SMILES string of the molecule is CCCCN(CC(=O)N(CCO)CC(=O)N(CCO)CCC(=O)N[C@@H](CC(C)C)C(=O)O)C(=O)c1ccccc1. The molecule has 0 unspecified atom stereocenters. The lowest BCUT2D eigenvalue weighted by molar-refractivity contribution is -0.143. The number of amides is 4. The van der Waals surface area contributed by atoms with Gasteiger partial charge in [0.2, 0.25) is 17.7 Å². The molecule has 12 heteroatoms. The molecule has 4 N–H and O–H groups in total. The number of hydrogen-bond donors (Lipinski definition) is 4. The van der Waals surface area contributed by atoms with Crippen molar-refractivity contribution in [3.05, 3.63) is 35.9 Å². The van der Waals surface area contributed by atoms with Gasteiger partial charge < -0.3 is 35.3 Å². The maximum atomic E-state index is 13.2. The van der Waals surface area contributed by atoms with Gasteiger partial charge in [0, 0.05) is 38.2 Å². The van der Waals surface area contributed by atoms with Gasteiger partial charge in [-0.1, -0.05) is 45.4 Å². The number of carboxylic acids is 1. The Balaban J connectivity index is 2.89. The van der Waals surface area contributed by atoms with Crippen molar-refractivity contribution >= 4 is 29.6 Å². The number of aliphatic hydroxyl groups excluding tert-OH is 2. The number of nitrogens with one attached hydrogen (secondary N) is 1. The van der Waals surface area contributed by atoms with Crippen molar-refractivity contribution in [2.24, 2.45) is 5.92 Å².